The molecule has 0 radical (unpaired) electrons. The van der Waals surface area contributed by atoms with Crippen molar-refractivity contribution in [2.45, 2.75) is 40.3 Å². The van der Waals surface area contributed by atoms with Gasteiger partial charge in [-0.15, -0.1) is 0 Å². The van der Waals surface area contributed by atoms with E-state index in [9.17, 15) is 4.79 Å². The van der Waals surface area contributed by atoms with Crippen molar-refractivity contribution in [2.24, 2.45) is 10.9 Å². The van der Waals surface area contributed by atoms with E-state index in [1.165, 1.54) is 5.56 Å². The normalized spacial score (nSPS) is 11.5. The lowest BCUT2D eigenvalue weighted by Gasteiger charge is -2.12. The van der Waals surface area contributed by atoms with Gasteiger partial charge in [-0.1, -0.05) is 26.0 Å². The van der Waals surface area contributed by atoms with Crippen LogP contribution in [0.3, 0.4) is 0 Å². The summed E-state index contributed by atoms with van der Waals surface area (Å²) in [4.78, 5) is 16.5. The highest BCUT2D eigenvalue weighted by Gasteiger charge is 2.06. The van der Waals surface area contributed by atoms with Gasteiger partial charge in [0.25, 0.3) is 0 Å². The second kappa shape index (κ2) is 10.6. The number of carbonyl (C=O) groups excluding carboxylic acids is 1. The molecule has 0 aliphatic rings. The molecule has 140 valence electrons. The van der Waals surface area contributed by atoms with Crippen LogP contribution in [0.4, 0.5) is 5.69 Å². The minimum atomic E-state index is 0.0516. The molecule has 0 unspecified atom stereocenters. The van der Waals surface area contributed by atoms with Gasteiger partial charge in [0.1, 0.15) is 0 Å². The third kappa shape index (κ3) is 7.27. The summed E-state index contributed by atoms with van der Waals surface area (Å²) >= 11 is 1.68. The van der Waals surface area contributed by atoms with Crippen LogP contribution in [0.5, 0.6) is 0 Å². The monoisotopic (exact) mass is 372 g/mol. The molecule has 0 aliphatic heterocycles. The number of anilines is 1. The molecule has 0 aliphatic carbocycles. The van der Waals surface area contributed by atoms with Crippen LogP contribution in [-0.2, 0) is 17.9 Å². The molecule has 0 bridgehead atoms. The molecule has 0 saturated carbocycles. The Labute approximate surface area is 159 Å². The Balaban J connectivity index is 1.92. The highest BCUT2D eigenvalue weighted by Crippen LogP contribution is 2.12. The number of thiophene rings is 1. The van der Waals surface area contributed by atoms with Crippen molar-refractivity contribution in [3.05, 3.63) is 52.2 Å². The summed E-state index contributed by atoms with van der Waals surface area (Å²) in [5, 5.41) is 13.7. The van der Waals surface area contributed by atoms with Gasteiger partial charge in [-0.3, -0.25) is 4.79 Å². The van der Waals surface area contributed by atoms with Crippen molar-refractivity contribution < 1.29 is 4.79 Å². The van der Waals surface area contributed by atoms with Crippen LogP contribution in [0.1, 0.15) is 38.3 Å². The van der Waals surface area contributed by atoms with Gasteiger partial charge in [0.05, 0.1) is 6.54 Å². The van der Waals surface area contributed by atoms with Gasteiger partial charge in [0.15, 0.2) is 5.96 Å². The maximum absolute atomic E-state index is 11.9. The van der Waals surface area contributed by atoms with Gasteiger partial charge in [-0.25, -0.2) is 4.99 Å². The highest BCUT2D eigenvalue weighted by atomic mass is 32.1. The van der Waals surface area contributed by atoms with E-state index in [0.29, 0.717) is 25.4 Å². The number of rotatable bonds is 8. The van der Waals surface area contributed by atoms with Gasteiger partial charge in [0, 0.05) is 25.2 Å². The quantitative estimate of drug-likeness (QED) is 0.485. The third-order valence-electron chi connectivity index (χ3n) is 3.61. The molecule has 0 spiro atoms. The summed E-state index contributed by atoms with van der Waals surface area (Å²) in [6.45, 7) is 8.23. The number of nitrogens with one attached hydrogen (secondary N) is 3. The number of benzene rings is 1. The number of hydrogen-bond acceptors (Lipinski definition) is 3. The minimum Gasteiger partial charge on any atom is -0.357 e. The van der Waals surface area contributed by atoms with Crippen molar-refractivity contribution in [1.82, 2.24) is 10.6 Å². The van der Waals surface area contributed by atoms with Crippen LogP contribution in [0.25, 0.3) is 0 Å². The number of nitrogens with zero attached hydrogens (tertiary/aromatic N) is 1. The average Bonchev–Trinajstić information content (AvgIpc) is 3.10. The van der Waals surface area contributed by atoms with Crippen molar-refractivity contribution >= 4 is 28.9 Å². The predicted molar refractivity (Wildman–Crippen MR) is 111 cm³/mol. The van der Waals surface area contributed by atoms with E-state index >= 15 is 0 Å². The second-order valence-electron chi connectivity index (χ2n) is 6.53. The summed E-state index contributed by atoms with van der Waals surface area (Å²) < 4.78 is 0. The zero-order chi connectivity index (χ0) is 18.8. The van der Waals surface area contributed by atoms with Gasteiger partial charge < -0.3 is 16.0 Å². The van der Waals surface area contributed by atoms with Gasteiger partial charge in [-0.2, -0.15) is 11.3 Å². The lowest BCUT2D eigenvalue weighted by atomic mass is 10.1. The van der Waals surface area contributed by atoms with Gasteiger partial charge in [0.2, 0.25) is 5.91 Å². The van der Waals surface area contributed by atoms with Crippen LogP contribution in [0, 0.1) is 5.92 Å². The lowest BCUT2D eigenvalue weighted by Crippen LogP contribution is -2.36. The fourth-order valence-electron chi connectivity index (χ4n) is 2.42. The molecule has 3 N–H and O–H groups in total. The smallest absolute Gasteiger partial charge is 0.224 e. The Hall–Kier alpha value is -2.34. The molecule has 1 aromatic heterocycles. The fourth-order valence-corrected chi connectivity index (χ4v) is 3.08. The summed E-state index contributed by atoms with van der Waals surface area (Å²) in [5.41, 5.74) is 3.13. The Morgan fingerprint density at radius 2 is 2.04 bits per heavy atom. The van der Waals surface area contributed by atoms with E-state index in [4.69, 9.17) is 0 Å². The summed E-state index contributed by atoms with van der Waals surface area (Å²) in [5.74, 6) is 1.19. The topological polar surface area (TPSA) is 65.5 Å². The molecule has 1 aromatic carbocycles. The maximum Gasteiger partial charge on any atom is 0.224 e. The Kier molecular flexibility index (Phi) is 8.15. The van der Waals surface area contributed by atoms with Crippen LogP contribution in [0.2, 0.25) is 0 Å². The van der Waals surface area contributed by atoms with E-state index < -0.39 is 0 Å². The van der Waals surface area contributed by atoms with Crippen LogP contribution in [-0.4, -0.2) is 18.4 Å². The molecule has 1 amide bonds. The van der Waals surface area contributed by atoms with Crippen LogP contribution in [0.15, 0.2) is 46.1 Å². The molecule has 0 saturated heterocycles. The molecule has 2 aromatic rings. The second-order valence-corrected chi connectivity index (χ2v) is 7.31. The molecule has 0 fully saturated rings. The van der Waals surface area contributed by atoms with Gasteiger partial charge in [-0.05, 0) is 52.9 Å². The third-order valence-corrected chi connectivity index (χ3v) is 4.34. The summed E-state index contributed by atoms with van der Waals surface area (Å²) in [7, 11) is 0. The SMILES string of the molecule is CCNC(=NCc1ccsc1)NCc1cccc(NC(=O)CC(C)C)c1. The number of hydrogen-bond donors (Lipinski definition) is 3. The predicted octanol–water partition coefficient (Wildman–Crippen LogP) is 3.99. The molecular weight excluding hydrogens is 344 g/mol. The zero-order valence-corrected chi connectivity index (χ0v) is 16.5. The molecule has 26 heavy (non-hydrogen) atoms. The first-order valence-electron chi connectivity index (χ1n) is 8.99. The molecular formula is C20H28N4OS. The Morgan fingerprint density at radius 1 is 1.19 bits per heavy atom. The fraction of sp³-hybridized carbons (Fsp3) is 0.400. The molecule has 6 heteroatoms. The van der Waals surface area contributed by atoms with E-state index in [-0.39, 0.29) is 5.91 Å². The first kappa shape index (κ1) is 20.0. The summed E-state index contributed by atoms with van der Waals surface area (Å²) in [6.07, 6.45) is 0.530. The van der Waals surface area contributed by atoms with E-state index in [2.05, 4.69) is 37.8 Å². The largest absolute Gasteiger partial charge is 0.357 e. The van der Waals surface area contributed by atoms with Gasteiger partial charge >= 0.3 is 0 Å². The summed E-state index contributed by atoms with van der Waals surface area (Å²) in [6, 6.07) is 9.98. The van der Waals surface area contributed by atoms with Crippen molar-refractivity contribution in [2.75, 3.05) is 11.9 Å². The first-order chi connectivity index (χ1) is 12.6. The standard InChI is InChI=1S/C20H28N4OS/c1-4-21-20(23-13-17-8-9-26-14-17)22-12-16-6-5-7-18(11-16)24-19(25)10-15(2)3/h5-9,11,14-15H,4,10,12-13H2,1-3H3,(H,24,25)(H2,21,22,23). The van der Waals surface area contributed by atoms with E-state index in [1.807, 2.05) is 45.0 Å². The van der Waals surface area contributed by atoms with Crippen molar-refractivity contribution in [1.29, 1.82) is 0 Å². The lowest BCUT2D eigenvalue weighted by molar-refractivity contribution is -0.116. The Bertz CT molecular complexity index is 710. The zero-order valence-electron chi connectivity index (χ0n) is 15.7. The minimum absolute atomic E-state index is 0.0516. The molecule has 1 heterocycles. The van der Waals surface area contributed by atoms with Crippen molar-refractivity contribution in [3.63, 3.8) is 0 Å². The van der Waals surface area contributed by atoms with Crippen molar-refractivity contribution in [3.8, 4) is 0 Å². The van der Waals surface area contributed by atoms with Crippen LogP contribution >= 0.6 is 11.3 Å². The van der Waals surface area contributed by atoms with E-state index in [1.54, 1.807) is 11.3 Å². The molecule has 5 nitrogen and oxygen atoms in total. The molecule has 2 rings (SSSR count). The average molecular weight is 373 g/mol. The Morgan fingerprint density at radius 3 is 2.73 bits per heavy atom. The highest BCUT2D eigenvalue weighted by molar-refractivity contribution is 7.07. The number of aliphatic imine (C=N–C) groups is 1. The first-order valence-corrected chi connectivity index (χ1v) is 9.93. The number of carbonyl (C=O) groups is 1. The molecule has 0 atom stereocenters. The number of guanidine groups is 1. The van der Waals surface area contributed by atoms with Crippen LogP contribution < -0.4 is 16.0 Å². The van der Waals surface area contributed by atoms with E-state index in [0.717, 1.165) is 23.8 Å². The maximum atomic E-state index is 11.9. The number of amides is 1.